The lowest BCUT2D eigenvalue weighted by molar-refractivity contribution is 0.284. The Bertz CT molecular complexity index is 914. The summed E-state index contributed by atoms with van der Waals surface area (Å²) < 4.78 is 57.7. The number of hydrogen-bond donors (Lipinski definition) is 1. The van der Waals surface area contributed by atoms with Gasteiger partial charge < -0.3 is 0 Å². The molecule has 0 aromatic heterocycles. The normalized spacial score (nSPS) is 12.1. The van der Waals surface area contributed by atoms with Gasteiger partial charge in [-0.05, 0) is 47.9 Å². The second-order valence-electron chi connectivity index (χ2n) is 4.96. The van der Waals surface area contributed by atoms with E-state index in [1.165, 1.54) is 6.07 Å². The summed E-state index contributed by atoms with van der Waals surface area (Å²) in [6.45, 7) is 3.31. The van der Waals surface area contributed by atoms with Gasteiger partial charge >= 0.3 is 10.4 Å². The summed E-state index contributed by atoms with van der Waals surface area (Å²) in [4.78, 5) is 0.0854. The highest BCUT2D eigenvalue weighted by molar-refractivity contribution is 7.91. The highest BCUT2D eigenvalue weighted by atomic mass is 32.3. The topological polar surface area (TPSA) is 97.7 Å². The molecule has 2 aromatic rings. The molecule has 0 heterocycles. The SMILES string of the molecule is C.Cc1ccc2cc(S(=O)(=O)CCOS(=O)(=O)O)ccc2c1C. The van der Waals surface area contributed by atoms with Gasteiger partial charge in [-0.15, -0.1) is 0 Å². The molecule has 0 bridgehead atoms. The van der Waals surface area contributed by atoms with E-state index in [-0.39, 0.29) is 12.3 Å². The molecule has 0 radical (unpaired) electrons. The van der Waals surface area contributed by atoms with Crippen LogP contribution >= 0.6 is 0 Å². The van der Waals surface area contributed by atoms with Crippen LogP contribution in [0, 0.1) is 13.8 Å². The molecule has 128 valence electrons. The second-order valence-corrected chi connectivity index (χ2v) is 8.16. The molecule has 8 heteroatoms. The fourth-order valence-electron chi connectivity index (χ4n) is 2.13. The van der Waals surface area contributed by atoms with Crippen LogP contribution < -0.4 is 0 Å². The van der Waals surface area contributed by atoms with Gasteiger partial charge in [0.1, 0.15) is 0 Å². The molecule has 2 rings (SSSR count). The summed E-state index contributed by atoms with van der Waals surface area (Å²) in [6.07, 6.45) is 0. The van der Waals surface area contributed by atoms with Crippen molar-refractivity contribution in [2.45, 2.75) is 26.2 Å². The smallest absolute Gasteiger partial charge is 0.264 e. The van der Waals surface area contributed by atoms with Crippen molar-refractivity contribution in [1.29, 1.82) is 0 Å². The summed E-state index contributed by atoms with van der Waals surface area (Å²) in [5.41, 5.74) is 2.20. The number of sulfone groups is 1. The van der Waals surface area contributed by atoms with Gasteiger partial charge in [0, 0.05) is 0 Å². The largest absolute Gasteiger partial charge is 0.397 e. The highest BCUT2D eigenvalue weighted by Gasteiger charge is 2.17. The van der Waals surface area contributed by atoms with E-state index in [1.54, 1.807) is 12.1 Å². The molecule has 0 unspecified atom stereocenters. The van der Waals surface area contributed by atoms with Crippen LogP contribution in [0.2, 0.25) is 0 Å². The summed E-state index contributed by atoms with van der Waals surface area (Å²) in [5.74, 6) is -0.539. The number of rotatable bonds is 5. The Labute approximate surface area is 137 Å². The average molecular weight is 360 g/mol. The van der Waals surface area contributed by atoms with Crippen LogP contribution in [0.15, 0.2) is 35.2 Å². The van der Waals surface area contributed by atoms with Gasteiger partial charge in [0.05, 0.1) is 17.3 Å². The van der Waals surface area contributed by atoms with Crippen molar-refractivity contribution in [2.75, 3.05) is 12.4 Å². The van der Waals surface area contributed by atoms with Gasteiger partial charge in [0.25, 0.3) is 0 Å². The number of aryl methyl sites for hydroxylation is 2. The first-order valence-corrected chi connectivity index (χ1v) is 9.46. The quantitative estimate of drug-likeness (QED) is 0.823. The molecule has 0 atom stereocenters. The van der Waals surface area contributed by atoms with E-state index in [0.29, 0.717) is 0 Å². The van der Waals surface area contributed by atoms with E-state index in [4.69, 9.17) is 4.55 Å². The molecular weight excluding hydrogens is 340 g/mol. The van der Waals surface area contributed by atoms with E-state index in [0.717, 1.165) is 21.9 Å². The zero-order chi connectivity index (χ0) is 16.5. The lowest BCUT2D eigenvalue weighted by atomic mass is 10.0. The molecule has 1 N–H and O–H groups in total. The van der Waals surface area contributed by atoms with Crippen LogP contribution in [0.25, 0.3) is 10.8 Å². The second kappa shape index (κ2) is 6.96. The Kier molecular flexibility index (Phi) is 5.92. The number of benzene rings is 2. The van der Waals surface area contributed by atoms with Gasteiger partial charge in [0.2, 0.25) is 0 Å². The molecule has 2 aromatic carbocycles. The van der Waals surface area contributed by atoms with Crippen molar-refractivity contribution >= 4 is 31.0 Å². The fourth-order valence-corrected chi connectivity index (χ4v) is 3.65. The number of hydrogen-bond acceptors (Lipinski definition) is 5. The predicted molar refractivity (Wildman–Crippen MR) is 89.7 cm³/mol. The van der Waals surface area contributed by atoms with Gasteiger partial charge in [-0.2, -0.15) is 8.42 Å². The molecule has 0 amide bonds. The minimum Gasteiger partial charge on any atom is -0.264 e. The van der Waals surface area contributed by atoms with Gasteiger partial charge in [0.15, 0.2) is 9.84 Å². The first-order chi connectivity index (χ1) is 10.1. The first-order valence-electron chi connectivity index (χ1n) is 6.45. The Morgan fingerprint density at radius 2 is 1.70 bits per heavy atom. The van der Waals surface area contributed by atoms with E-state index < -0.39 is 32.6 Å². The van der Waals surface area contributed by atoms with Crippen LogP contribution in [-0.4, -0.2) is 33.7 Å². The molecule has 0 aliphatic carbocycles. The van der Waals surface area contributed by atoms with Gasteiger partial charge in [-0.25, -0.2) is 12.6 Å². The summed E-state index contributed by atoms with van der Waals surface area (Å²) in [7, 11) is -8.34. The first kappa shape index (κ1) is 19.6. The van der Waals surface area contributed by atoms with Crippen molar-refractivity contribution in [2.24, 2.45) is 0 Å². The molecule has 0 spiro atoms. The maximum absolute atomic E-state index is 12.2. The van der Waals surface area contributed by atoms with Gasteiger partial charge in [-0.3, -0.25) is 4.55 Å². The number of fused-ring (bicyclic) bond motifs is 1. The van der Waals surface area contributed by atoms with Crippen molar-refractivity contribution in [3.63, 3.8) is 0 Å². The predicted octanol–water partition coefficient (Wildman–Crippen LogP) is 2.69. The van der Waals surface area contributed by atoms with E-state index >= 15 is 0 Å². The maximum Gasteiger partial charge on any atom is 0.397 e. The van der Waals surface area contributed by atoms with Crippen molar-refractivity contribution in [3.05, 3.63) is 41.5 Å². The summed E-state index contributed by atoms with van der Waals surface area (Å²) in [5, 5.41) is 1.76. The average Bonchev–Trinajstić information content (AvgIpc) is 2.41. The van der Waals surface area contributed by atoms with Crippen LogP contribution in [0.4, 0.5) is 0 Å². The minimum absolute atomic E-state index is 0. The maximum atomic E-state index is 12.2. The monoisotopic (exact) mass is 360 g/mol. The Morgan fingerprint density at radius 1 is 1.04 bits per heavy atom. The molecule has 6 nitrogen and oxygen atoms in total. The molecule has 23 heavy (non-hydrogen) atoms. The van der Waals surface area contributed by atoms with Crippen molar-refractivity contribution in [1.82, 2.24) is 0 Å². The molecule has 0 aliphatic rings. The molecule has 0 saturated heterocycles. The van der Waals surface area contributed by atoms with Crippen LogP contribution in [0.5, 0.6) is 0 Å². The zero-order valence-corrected chi connectivity index (χ0v) is 13.7. The fraction of sp³-hybridized carbons (Fsp3) is 0.333. The van der Waals surface area contributed by atoms with E-state index in [9.17, 15) is 16.8 Å². The third-order valence-electron chi connectivity index (χ3n) is 3.47. The Morgan fingerprint density at radius 3 is 2.30 bits per heavy atom. The molecule has 0 saturated carbocycles. The third kappa shape index (κ3) is 4.74. The standard InChI is InChI=1S/C14H16O6S2.CH4/c1-10-3-4-12-9-13(5-6-14(12)11(10)2)21(15,16)8-7-20-22(17,18)19;/h3-6,9H,7-8H2,1-2H3,(H,17,18,19);1H4. The summed E-state index contributed by atoms with van der Waals surface area (Å²) >= 11 is 0. The van der Waals surface area contributed by atoms with Crippen molar-refractivity contribution in [3.8, 4) is 0 Å². The Balaban J connectivity index is 0.00000264. The highest BCUT2D eigenvalue weighted by Crippen LogP contribution is 2.24. The van der Waals surface area contributed by atoms with E-state index in [1.807, 2.05) is 26.0 Å². The van der Waals surface area contributed by atoms with Gasteiger partial charge in [-0.1, -0.05) is 25.6 Å². The summed E-state index contributed by atoms with van der Waals surface area (Å²) in [6, 6.07) is 8.51. The third-order valence-corrected chi connectivity index (χ3v) is 5.62. The van der Waals surface area contributed by atoms with Crippen LogP contribution in [0.1, 0.15) is 18.6 Å². The molecule has 0 fully saturated rings. The lowest BCUT2D eigenvalue weighted by Gasteiger charge is -2.09. The molecular formula is C15H20O6S2. The molecule has 0 aliphatic heterocycles. The minimum atomic E-state index is -4.64. The van der Waals surface area contributed by atoms with Crippen LogP contribution in [0.3, 0.4) is 0 Å². The van der Waals surface area contributed by atoms with Crippen LogP contribution in [-0.2, 0) is 24.4 Å². The Hall–Kier alpha value is -1.48. The zero-order valence-electron chi connectivity index (χ0n) is 12.1. The van der Waals surface area contributed by atoms with Crippen molar-refractivity contribution < 1.29 is 25.6 Å². The lowest BCUT2D eigenvalue weighted by Crippen LogP contribution is -2.15. The van der Waals surface area contributed by atoms with E-state index in [2.05, 4.69) is 4.18 Å².